The Bertz CT molecular complexity index is 888. The zero-order valence-corrected chi connectivity index (χ0v) is 12.1. The maximum Gasteiger partial charge on any atom is 0.267 e. The SMILES string of the molecule is CCc1nc2cccc(Cl)c2c(=O)n1-c1cncc(N)c1. The van der Waals surface area contributed by atoms with Crippen molar-refractivity contribution in [3.05, 3.63) is 57.9 Å². The number of anilines is 1. The molecular weight excluding hydrogens is 288 g/mol. The van der Waals surface area contributed by atoms with Gasteiger partial charge >= 0.3 is 0 Å². The van der Waals surface area contributed by atoms with E-state index >= 15 is 0 Å². The monoisotopic (exact) mass is 300 g/mol. The fourth-order valence-electron chi connectivity index (χ4n) is 2.31. The summed E-state index contributed by atoms with van der Waals surface area (Å²) in [5.74, 6) is 0.641. The van der Waals surface area contributed by atoms with Gasteiger partial charge in [0.05, 0.1) is 33.5 Å². The second-order valence-electron chi connectivity index (χ2n) is 4.63. The summed E-state index contributed by atoms with van der Waals surface area (Å²) in [6, 6.07) is 6.94. The van der Waals surface area contributed by atoms with Gasteiger partial charge in [-0.2, -0.15) is 0 Å². The first-order chi connectivity index (χ1) is 10.1. The molecule has 106 valence electrons. The third kappa shape index (κ3) is 2.25. The summed E-state index contributed by atoms with van der Waals surface area (Å²) in [5, 5.41) is 0.789. The van der Waals surface area contributed by atoms with Crippen molar-refractivity contribution in [3.8, 4) is 5.69 Å². The van der Waals surface area contributed by atoms with E-state index in [-0.39, 0.29) is 5.56 Å². The Balaban J connectivity index is 2.44. The van der Waals surface area contributed by atoms with Crippen molar-refractivity contribution < 1.29 is 0 Å². The Hall–Kier alpha value is -2.40. The molecule has 5 nitrogen and oxygen atoms in total. The van der Waals surface area contributed by atoms with E-state index in [0.717, 1.165) is 0 Å². The molecule has 3 rings (SSSR count). The van der Waals surface area contributed by atoms with E-state index in [2.05, 4.69) is 9.97 Å². The van der Waals surface area contributed by atoms with Gasteiger partial charge in [-0.25, -0.2) is 4.98 Å². The van der Waals surface area contributed by atoms with Crippen molar-refractivity contribution in [1.29, 1.82) is 0 Å². The fourth-order valence-corrected chi connectivity index (χ4v) is 2.56. The average Bonchev–Trinajstić information content (AvgIpc) is 2.46. The molecule has 0 aliphatic heterocycles. The molecule has 2 N–H and O–H groups in total. The number of hydrogen-bond acceptors (Lipinski definition) is 4. The first kappa shape index (κ1) is 13.6. The highest BCUT2D eigenvalue weighted by atomic mass is 35.5. The number of halogens is 1. The van der Waals surface area contributed by atoms with Crippen LogP contribution in [0.4, 0.5) is 5.69 Å². The number of aromatic nitrogens is 3. The summed E-state index contributed by atoms with van der Waals surface area (Å²) in [4.78, 5) is 21.4. The minimum Gasteiger partial charge on any atom is -0.397 e. The predicted molar refractivity (Wildman–Crippen MR) is 83.9 cm³/mol. The zero-order valence-electron chi connectivity index (χ0n) is 11.4. The van der Waals surface area contributed by atoms with Crippen LogP contribution in [0.2, 0.25) is 5.02 Å². The van der Waals surface area contributed by atoms with Gasteiger partial charge in [0, 0.05) is 12.6 Å². The molecule has 0 saturated heterocycles. The first-order valence-electron chi connectivity index (χ1n) is 6.53. The van der Waals surface area contributed by atoms with Crippen molar-refractivity contribution in [2.75, 3.05) is 5.73 Å². The number of pyridine rings is 1. The molecule has 0 atom stereocenters. The van der Waals surface area contributed by atoms with Crippen LogP contribution in [-0.4, -0.2) is 14.5 Å². The maximum atomic E-state index is 12.8. The third-order valence-corrected chi connectivity index (χ3v) is 3.55. The van der Waals surface area contributed by atoms with Crippen LogP contribution in [0.25, 0.3) is 16.6 Å². The smallest absolute Gasteiger partial charge is 0.267 e. The molecule has 21 heavy (non-hydrogen) atoms. The molecular formula is C15H13ClN4O. The second-order valence-corrected chi connectivity index (χ2v) is 5.04. The fraction of sp³-hybridized carbons (Fsp3) is 0.133. The van der Waals surface area contributed by atoms with Gasteiger partial charge in [-0.1, -0.05) is 24.6 Å². The van der Waals surface area contributed by atoms with Crippen LogP contribution in [0.3, 0.4) is 0 Å². The molecule has 0 radical (unpaired) electrons. The van der Waals surface area contributed by atoms with Crippen molar-refractivity contribution in [1.82, 2.24) is 14.5 Å². The predicted octanol–water partition coefficient (Wildman–Crippen LogP) is 2.58. The van der Waals surface area contributed by atoms with Crippen molar-refractivity contribution in [2.45, 2.75) is 13.3 Å². The molecule has 0 bridgehead atoms. The molecule has 0 aliphatic rings. The Kier molecular flexibility index (Phi) is 3.35. The van der Waals surface area contributed by atoms with Gasteiger partial charge in [0.2, 0.25) is 0 Å². The number of aryl methyl sites for hydroxylation is 1. The van der Waals surface area contributed by atoms with E-state index in [1.807, 2.05) is 6.92 Å². The van der Waals surface area contributed by atoms with E-state index in [1.165, 1.54) is 10.8 Å². The largest absolute Gasteiger partial charge is 0.397 e. The van der Waals surface area contributed by atoms with Gasteiger partial charge in [-0.3, -0.25) is 14.3 Å². The molecule has 0 unspecified atom stereocenters. The quantitative estimate of drug-likeness (QED) is 0.789. The molecule has 6 heteroatoms. The van der Waals surface area contributed by atoms with Crippen LogP contribution in [0.15, 0.2) is 41.5 Å². The highest BCUT2D eigenvalue weighted by molar-refractivity contribution is 6.35. The van der Waals surface area contributed by atoms with Crippen molar-refractivity contribution in [2.24, 2.45) is 0 Å². The summed E-state index contributed by atoms with van der Waals surface area (Å²) in [7, 11) is 0. The summed E-state index contributed by atoms with van der Waals surface area (Å²) >= 11 is 6.15. The third-order valence-electron chi connectivity index (χ3n) is 3.24. The second kappa shape index (κ2) is 5.18. The van der Waals surface area contributed by atoms with Crippen LogP contribution in [0, 0.1) is 0 Å². The van der Waals surface area contributed by atoms with Gasteiger partial charge in [0.1, 0.15) is 5.82 Å². The van der Waals surface area contributed by atoms with E-state index < -0.39 is 0 Å². The highest BCUT2D eigenvalue weighted by Gasteiger charge is 2.14. The lowest BCUT2D eigenvalue weighted by Crippen LogP contribution is -2.24. The maximum absolute atomic E-state index is 12.8. The van der Waals surface area contributed by atoms with Crippen LogP contribution in [0.1, 0.15) is 12.7 Å². The van der Waals surface area contributed by atoms with Crippen LogP contribution >= 0.6 is 11.6 Å². The molecule has 1 aromatic carbocycles. The summed E-state index contributed by atoms with van der Waals surface area (Å²) in [6.45, 7) is 1.94. The summed E-state index contributed by atoms with van der Waals surface area (Å²) < 4.78 is 1.51. The molecule has 2 heterocycles. The molecule has 0 amide bonds. The number of nitrogen functional groups attached to an aromatic ring is 1. The van der Waals surface area contributed by atoms with Gasteiger partial charge in [-0.15, -0.1) is 0 Å². The van der Waals surface area contributed by atoms with Crippen molar-refractivity contribution in [3.63, 3.8) is 0 Å². The Labute approximate surface area is 126 Å². The molecule has 0 fully saturated rings. The standard InChI is InChI=1S/C15H13ClN4O/c1-2-13-19-12-5-3-4-11(16)14(12)15(21)20(13)10-6-9(17)7-18-8-10/h3-8H,2,17H2,1H3. The Morgan fingerprint density at radius 1 is 1.33 bits per heavy atom. The normalized spacial score (nSPS) is 11.0. The number of nitrogens with zero attached hydrogens (tertiary/aromatic N) is 3. The van der Waals surface area contributed by atoms with Crippen LogP contribution in [-0.2, 0) is 6.42 Å². The molecule has 0 saturated carbocycles. The minimum atomic E-state index is -0.213. The zero-order chi connectivity index (χ0) is 15.0. The first-order valence-corrected chi connectivity index (χ1v) is 6.90. The topological polar surface area (TPSA) is 73.8 Å². The molecule has 2 aromatic heterocycles. The van der Waals surface area contributed by atoms with Gasteiger partial charge in [0.25, 0.3) is 5.56 Å². The summed E-state index contributed by atoms with van der Waals surface area (Å²) in [6.07, 6.45) is 3.72. The van der Waals surface area contributed by atoms with E-state index in [0.29, 0.717) is 39.5 Å². The number of benzene rings is 1. The highest BCUT2D eigenvalue weighted by Crippen LogP contribution is 2.20. The number of hydrogen-bond donors (Lipinski definition) is 1. The van der Waals surface area contributed by atoms with Gasteiger partial charge < -0.3 is 5.73 Å². The van der Waals surface area contributed by atoms with Gasteiger partial charge in [-0.05, 0) is 18.2 Å². The number of nitrogens with two attached hydrogens (primary N) is 1. The van der Waals surface area contributed by atoms with Crippen LogP contribution < -0.4 is 11.3 Å². The Morgan fingerprint density at radius 3 is 2.86 bits per heavy atom. The minimum absolute atomic E-state index is 0.213. The van der Waals surface area contributed by atoms with Crippen molar-refractivity contribution >= 4 is 28.2 Å². The molecule has 3 aromatic rings. The van der Waals surface area contributed by atoms with E-state index in [1.54, 1.807) is 30.5 Å². The summed E-state index contributed by atoms with van der Waals surface area (Å²) in [5.41, 5.74) is 7.21. The number of fused-ring (bicyclic) bond motifs is 1. The van der Waals surface area contributed by atoms with E-state index in [4.69, 9.17) is 17.3 Å². The average molecular weight is 301 g/mol. The lowest BCUT2D eigenvalue weighted by Gasteiger charge is -2.13. The molecule has 0 aliphatic carbocycles. The lowest BCUT2D eigenvalue weighted by molar-refractivity contribution is 0.830. The van der Waals surface area contributed by atoms with Crippen LogP contribution in [0.5, 0.6) is 0 Å². The lowest BCUT2D eigenvalue weighted by atomic mass is 10.2. The van der Waals surface area contributed by atoms with Gasteiger partial charge in [0.15, 0.2) is 0 Å². The molecule has 0 spiro atoms. The van der Waals surface area contributed by atoms with E-state index in [9.17, 15) is 4.79 Å². The number of rotatable bonds is 2. The Morgan fingerprint density at radius 2 is 2.14 bits per heavy atom.